The molecule has 0 saturated heterocycles. The zero-order valence-corrected chi connectivity index (χ0v) is 6.70. The number of benzene rings is 1. The van der Waals surface area contributed by atoms with Crippen molar-refractivity contribution in [2.24, 2.45) is 0 Å². The molecule has 1 radical (unpaired) electrons. The molecule has 12 heavy (non-hydrogen) atoms. The first-order valence-corrected chi connectivity index (χ1v) is 3.39. The van der Waals surface area contributed by atoms with Crippen molar-refractivity contribution in [1.29, 1.82) is 0 Å². The van der Waals surface area contributed by atoms with Crippen LogP contribution < -0.4 is 5.73 Å². The van der Waals surface area contributed by atoms with Crippen molar-refractivity contribution >= 4 is 11.4 Å². The molecule has 4 heteroatoms. The summed E-state index contributed by atoms with van der Waals surface area (Å²) in [6.07, 6.45) is 0. The minimum atomic E-state index is -0.510. The topological polar surface area (TPSA) is 69.2 Å². The molecule has 4 nitrogen and oxygen atoms in total. The molecule has 0 unspecified atom stereocenters. The van der Waals surface area contributed by atoms with Crippen LogP contribution in [0.2, 0.25) is 0 Å². The molecule has 0 atom stereocenters. The number of aryl methyl sites for hydroxylation is 1. The Kier molecular flexibility index (Phi) is 1.99. The van der Waals surface area contributed by atoms with E-state index in [1.54, 1.807) is 6.07 Å². The number of nitrogens with two attached hydrogens (primary N) is 1. The fourth-order valence-electron chi connectivity index (χ4n) is 0.920. The van der Waals surface area contributed by atoms with E-state index in [9.17, 15) is 10.1 Å². The average Bonchev–Trinajstić information content (AvgIpc) is 1.96. The second kappa shape index (κ2) is 2.81. The first-order chi connectivity index (χ1) is 5.52. The second-order valence-electron chi connectivity index (χ2n) is 2.59. The number of hydrogen-bond donors (Lipinski definition) is 1. The zero-order chi connectivity index (χ0) is 9.30. The highest BCUT2D eigenvalue weighted by atomic mass is 16.6. The predicted octanol–water partition coefficient (Wildman–Crippen LogP) is 1.67. The summed E-state index contributed by atoms with van der Waals surface area (Å²) in [6.45, 7) is 5.45. The van der Waals surface area contributed by atoms with Gasteiger partial charge in [0, 0.05) is 6.07 Å². The zero-order valence-electron chi connectivity index (χ0n) is 6.70. The number of nitro groups is 1. The standard InChI is InChI=1S/C8H9N2O2/c1-5-3-7(9)8(10(11)12)4-6(5)2/h3-4H,2,9H2,1H3. The molecule has 0 spiro atoms. The van der Waals surface area contributed by atoms with Gasteiger partial charge in [0.1, 0.15) is 5.69 Å². The lowest BCUT2D eigenvalue weighted by molar-refractivity contribution is -0.383. The molecular formula is C8H9N2O2. The van der Waals surface area contributed by atoms with E-state index >= 15 is 0 Å². The van der Waals surface area contributed by atoms with Crippen molar-refractivity contribution in [2.45, 2.75) is 6.92 Å². The van der Waals surface area contributed by atoms with E-state index in [4.69, 9.17) is 5.73 Å². The maximum absolute atomic E-state index is 10.4. The third-order valence-corrected chi connectivity index (χ3v) is 1.68. The first kappa shape index (κ1) is 8.52. The monoisotopic (exact) mass is 165 g/mol. The summed E-state index contributed by atoms with van der Waals surface area (Å²) in [6, 6.07) is 2.94. The van der Waals surface area contributed by atoms with Gasteiger partial charge in [-0.05, 0) is 31.0 Å². The van der Waals surface area contributed by atoms with Crippen LogP contribution in [0.25, 0.3) is 0 Å². The molecule has 1 rings (SSSR count). The molecule has 0 aliphatic heterocycles. The van der Waals surface area contributed by atoms with E-state index < -0.39 is 4.92 Å². The quantitative estimate of drug-likeness (QED) is 0.391. The Hall–Kier alpha value is -1.58. The average molecular weight is 165 g/mol. The van der Waals surface area contributed by atoms with Crippen molar-refractivity contribution < 1.29 is 4.92 Å². The third-order valence-electron chi connectivity index (χ3n) is 1.68. The van der Waals surface area contributed by atoms with Gasteiger partial charge in [-0.15, -0.1) is 0 Å². The fourth-order valence-corrected chi connectivity index (χ4v) is 0.920. The van der Waals surface area contributed by atoms with E-state index in [0.29, 0.717) is 5.56 Å². The highest BCUT2D eigenvalue weighted by molar-refractivity contribution is 5.61. The maximum Gasteiger partial charge on any atom is 0.292 e. The van der Waals surface area contributed by atoms with Crippen LogP contribution in [0.3, 0.4) is 0 Å². The maximum atomic E-state index is 10.4. The highest BCUT2D eigenvalue weighted by Crippen LogP contribution is 2.24. The molecule has 0 amide bonds. The summed E-state index contributed by atoms with van der Waals surface area (Å²) >= 11 is 0. The predicted molar refractivity (Wildman–Crippen MR) is 46.7 cm³/mol. The Morgan fingerprint density at radius 2 is 2.17 bits per heavy atom. The Bertz CT molecular complexity index is 334. The van der Waals surface area contributed by atoms with Gasteiger partial charge in [-0.25, -0.2) is 0 Å². The van der Waals surface area contributed by atoms with Gasteiger partial charge in [0.15, 0.2) is 0 Å². The summed E-state index contributed by atoms with van der Waals surface area (Å²) in [5.41, 5.74) is 7.02. The Morgan fingerprint density at radius 3 is 2.67 bits per heavy atom. The lowest BCUT2D eigenvalue weighted by Crippen LogP contribution is -1.97. The van der Waals surface area contributed by atoms with Gasteiger partial charge in [-0.1, -0.05) is 0 Å². The van der Waals surface area contributed by atoms with E-state index in [1.165, 1.54) is 6.07 Å². The number of nitro benzene ring substituents is 1. The Morgan fingerprint density at radius 1 is 1.58 bits per heavy atom. The lowest BCUT2D eigenvalue weighted by Gasteiger charge is -2.01. The summed E-state index contributed by atoms with van der Waals surface area (Å²) < 4.78 is 0. The number of rotatable bonds is 1. The summed E-state index contributed by atoms with van der Waals surface area (Å²) in [5.74, 6) is 0. The number of nitrogens with zero attached hydrogens (tertiary/aromatic N) is 1. The molecule has 0 bridgehead atoms. The minimum Gasteiger partial charge on any atom is -0.393 e. The molecule has 1 aromatic carbocycles. The Balaban J connectivity index is 3.33. The molecule has 0 saturated carbocycles. The molecule has 0 fully saturated rings. The molecule has 63 valence electrons. The van der Waals surface area contributed by atoms with Gasteiger partial charge in [0.2, 0.25) is 0 Å². The first-order valence-electron chi connectivity index (χ1n) is 3.39. The van der Waals surface area contributed by atoms with Gasteiger partial charge in [0.25, 0.3) is 5.69 Å². The molecule has 0 heterocycles. The van der Waals surface area contributed by atoms with Crippen LogP contribution in [0.5, 0.6) is 0 Å². The molecule has 2 N–H and O–H groups in total. The van der Waals surface area contributed by atoms with Gasteiger partial charge < -0.3 is 5.73 Å². The van der Waals surface area contributed by atoms with E-state index in [1.807, 2.05) is 6.92 Å². The van der Waals surface area contributed by atoms with Crippen molar-refractivity contribution in [1.82, 2.24) is 0 Å². The van der Waals surface area contributed by atoms with Gasteiger partial charge in [0.05, 0.1) is 4.92 Å². The van der Waals surface area contributed by atoms with Gasteiger partial charge >= 0.3 is 0 Å². The van der Waals surface area contributed by atoms with Crippen LogP contribution >= 0.6 is 0 Å². The van der Waals surface area contributed by atoms with Crippen LogP contribution in [0.4, 0.5) is 11.4 Å². The molecule has 0 aliphatic rings. The Labute approximate surface area is 70.2 Å². The van der Waals surface area contributed by atoms with Gasteiger partial charge in [-0.2, -0.15) is 0 Å². The van der Waals surface area contributed by atoms with Crippen LogP contribution in [0.1, 0.15) is 11.1 Å². The van der Waals surface area contributed by atoms with Crippen molar-refractivity contribution in [3.05, 3.63) is 40.3 Å². The van der Waals surface area contributed by atoms with Gasteiger partial charge in [-0.3, -0.25) is 10.1 Å². The normalized spacial score (nSPS) is 9.83. The van der Waals surface area contributed by atoms with E-state index in [0.717, 1.165) is 5.56 Å². The van der Waals surface area contributed by atoms with Crippen LogP contribution in [-0.4, -0.2) is 4.92 Å². The number of nitrogen functional groups attached to an aromatic ring is 1. The van der Waals surface area contributed by atoms with Crippen LogP contribution in [-0.2, 0) is 0 Å². The summed E-state index contributed by atoms with van der Waals surface area (Å²) in [7, 11) is 0. The number of anilines is 1. The molecule has 0 aliphatic carbocycles. The molecule has 1 aromatic rings. The SMILES string of the molecule is [CH2]c1cc([N+](=O)[O-])c(N)cc1C. The van der Waals surface area contributed by atoms with Crippen LogP contribution in [0.15, 0.2) is 12.1 Å². The van der Waals surface area contributed by atoms with E-state index in [2.05, 4.69) is 6.92 Å². The fraction of sp³-hybridized carbons (Fsp3) is 0.125. The minimum absolute atomic E-state index is 0.0781. The van der Waals surface area contributed by atoms with Crippen LogP contribution in [0, 0.1) is 24.0 Å². The third kappa shape index (κ3) is 1.37. The smallest absolute Gasteiger partial charge is 0.292 e. The van der Waals surface area contributed by atoms with E-state index in [-0.39, 0.29) is 11.4 Å². The second-order valence-corrected chi connectivity index (χ2v) is 2.59. The molecule has 0 aromatic heterocycles. The summed E-state index contributed by atoms with van der Waals surface area (Å²) in [4.78, 5) is 9.87. The lowest BCUT2D eigenvalue weighted by atomic mass is 10.1. The van der Waals surface area contributed by atoms with Crippen molar-refractivity contribution in [2.75, 3.05) is 5.73 Å². The number of hydrogen-bond acceptors (Lipinski definition) is 3. The largest absolute Gasteiger partial charge is 0.393 e. The summed E-state index contributed by atoms with van der Waals surface area (Å²) in [5, 5.41) is 10.4. The highest BCUT2D eigenvalue weighted by Gasteiger charge is 2.11. The molecular weight excluding hydrogens is 156 g/mol. The van der Waals surface area contributed by atoms with Crippen molar-refractivity contribution in [3.8, 4) is 0 Å². The van der Waals surface area contributed by atoms with Crippen molar-refractivity contribution in [3.63, 3.8) is 0 Å².